The molecular weight excluding hydrogens is 427 g/mol. The number of rotatable bonds is 8. The van der Waals surface area contributed by atoms with Gasteiger partial charge in [0.05, 0.1) is 35.9 Å². The zero-order valence-electron chi connectivity index (χ0n) is 15.5. The summed E-state index contributed by atoms with van der Waals surface area (Å²) >= 11 is 12.0. The van der Waals surface area contributed by atoms with Gasteiger partial charge < -0.3 is 14.8 Å². The van der Waals surface area contributed by atoms with Gasteiger partial charge in [-0.3, -0.25) is 4.79 Å². The Morgan fingerprint density at radius 2 is 1.82 bits per heavy atom. The van der Waals surface area contributed by atoms with Crippen molar-refractivity contribution >= 4 is 44.8 Å². The average Bonchev–Trinajstić information content (AvgIpc) is 2.63. The molecule has 152 valence electrons. The maximum atomic E-state index is 12.7. The van der Waals surface area contributed by atoms with Gasteiger partial charge in [0.2, 0.25) is 15.9 Å². The van der Waals surface area contributed by atoms with Crippen molar-refractivity contribution in [2.75, 3.05) is 32.6 Å². The number of carbonyl (C=O) groups is 1. The quantitative estimate of drug-likeness (QED) is 0.668. The number of sulfonamides is 1. The zero-order chi connectivity index (χ0) is 20.9. The number of likely N-dealkylation sites (N-methyl/N-ethyl adjacent to an activating group) is 1. The van der Waals surface area contributed by atoms with E-state index >= 15 is 0 Å². The number of nitrogens with zero attached hydrogens (tertiary/aromatic N) is 1. The first-order valence-corrected chi connectivity index (χ1v) is 10.4. The van der Waals surface area contributed by atoms with Crippen molar-refractivity contribution in [3.8, 4) is 11.5 Å². The molecule has 0 unspecified atom stereocenters. The molecule has 0 aliphatic carbocycles. The van der Waals surface area contributed by atoms with Gasteiger partial charge in [0.25, 0.3) is 0 Å². The highest BCUT2D eigenvalue weighted by molar-refractivity contribution is 7.89. The zero-order valence-corrected chi connectivity index (χ0v) is 17.9. The Kier molecular flexibility index (Phi) is 7.54. The van der Waals surface area contributed by atoms with Crippen molar-refractivity contribution in [1.29, 1.82) is 0 Å². The van der Waals surface area contributed by atoms with E-state index in [1.54, 1.807) is 19.1 Å². The van der Waals surface area contributed by atoms with Gasteiger partial charge in [0, 0.05) is 12.1 Å². The molecule has 0 radical (unpaired) electrons. The lowest BCUT2D eigenvalue weighted by Gasteiger charge is -2.18. The van der Waals surface area contributed by atoms with Gasteiger partial charge in [-0.15, -0.1) is 0 Å². The number of ether oxygens (including phenoxy) is 2. The molecule has 0 aliphatic heterocycles. The molecule has 0 fully saturated rings. The molecule has 0 atom stereocenters. The molecule has 2 aromatic rings. The fourth-order valence-electron chi connectivity index (χ4n) is 2.35. The van der Waals surface area contributed by atoms with Gasteiger partial charge in [-0.2, -0.15) is 4.31 Å². The number of methoxy groups -OCH3 is 1. The lowest BCUT2D eigenvalue weighted by molar-refractivity contribution is -0.116. The van der Waals surface area contributed by atoms with Gasteiger partial charge in [-0.05, 0) is 43.3 Å². The Labute approximate surface area is 174 Å². The maximum absolute atomic E-state index is 12.7. The molecule has 10 heteroatoms. The van der Waals surface area contributed by atoms with E-state index in [0.29, 0.717) is 28.8 Å². The first-order valence-electron chi connectivity index (χ1n) is 8.21. The van der Waals surface area contributed by atoms with Crippen LogP contribution in [0, 0.1) is 0 Å². The van der Waals surface area contributed by atoms with Crippen LogP contribution < -0.4 is 14.8 Å². The molecule has 0 heterocycles. The van der Waals surface area contributed by atoms with Crippen LogP contribution in [-0.4, -0.2) is 45.9 Å². The van der Waals surface area contributed by atoms with E-state index in [4.69, 9.17) is 32.7 Å². The maximum Gasteiger partial charge on any atom is 0.243 e. The van der Waals surface area contributed by atoms with Crippen LogP contribution >= 0.6 is 23.2 Å². The summed E-state index contributed by atoms with van der Waals surface area (Å²) in [6, 6.07) is 8.86. The van der Waals surface area contributed by atoms with Crippen molar-refractivity contribution in [3.63, 3.8) is 0 Å². The monoisotopic (exact) mass is 446 g/mol. The largest absolute Gasteiger partial charge is 0.495 e. The van der Waals surface area contributed by atoms with Crippen LogP contribution in [0.4, 0.5) is 5.69 Å². The Balaban J connectivity index is 2.15. The van der Waals surface area contributed by atoms with E-state index in [-0.39, 0.29) is 9.92 Å². The van der Waals surface area contributed by atoms with E-state index in [1.807, 2.05) is 0 Å². The highest BCUT2D eigenvalue weighted by Crippen LogP contribution is 2.29. The lowest BCUT2D eigenvalue weighted by atomic mass is 10.3. The predicted molar refractivity (Wildman–Crippen MR) is 109 cm³/mol. The third kappa shape index (κ3) is 5.29. The fourth-order valence-corrected chi connectivity index (χ4v) is 3.98. The fraction of sp³-hybridized carbons (Fsp3) is 0.278. The molecule has 7 nitrogen and oxygen atoms in total. The van der Waals surface area contributed by atoms with Gasteiger partial charge in [0.1, 0.15) is 11.5 Å². The molecule has 28 heavy (non-hydrogen) atoms. The summed E-state index contributed by atoms with van der Waals surface area (Å²) in [5.74, 6) is 0.238. The van der Waals surface area contributed by atoms with Gasteiger partial charge in [-0.25, -0.2) is 8.42 Å². The highest BCUT2D eigenvalue weighted by Gasteiger charge is 2.24. The summed E-state index contributed by atoms with van der Waals surface area (Å²) in [6.07, 6.45) is 0. The molecule has 0 aromatic heterocycles. The third-order valence-corrected chi connectivity index (χ3v) is 6.04. The van der Waals surface area contributed by atoms with Crippen LogP contribution in [0.2, 0.25) is 10.0 Å². The van der Waals surface area contributed by atoms with Crippen LogP contribution in [0.5, 0.6) is 11.5 Å². The first-order chi connectivity index (χ1) is 13.2. The number of benzene rings is 2. The van der Waals surface area contributed by atoms with Crippen LogP contribution in [0.1, 0.15) is 6.92 Å². The average molecular weight is 447 g/mol. The standard InChI is InChI=1S/C18H20Cl2N2O5S/c1-4-27-16-8-6-13(10-14(16)20)28(24,25)22(2)11-18(23)21-15-9-12(19)5-7-17(15)26-3/h5-10H,4,11H2,1-3H3,(H,21,23). The van der Waals surface area contributed by atoms with E-state index in [9.17, 15) is 13.2 Å². The predicted octanol–water partition coefficient (Wildman–Crippen LogP) is 3.66. The number of carbonyl (C=O) groups excluding carboxylic acids is 1. The van der Waals surface area contributed by atoms with Crippen LogP contribution in [0.3, 0.4) is 0 Å². The summed E-state index contributed by atoms with van der Waals surface area (Å²) in [5, 5.41) is 3.17. The first kappa shape index (κ1) is 22.3. The van der Waals surface area contributed by atoms with Crippen molar-refractivity contribution < 1.29 is 22.7 Å². The minimum Gasteiger partial charge on any atom is -0.495 e. The Morgan fingerprint density at radius 3 is 2.43 bits per heavy atom. The second kappa shape index (κ2) is 9.47. The van der Waals surface area contributed by atoms with Gasteiger partial charge in [0.15, 0.2) is 0 Å². The van der Waals surface area contributed by atoms with Gasteiger partial charge >= 0.3 is 0 Å². The number of amides is 1. The summed E-state index contributed by atoms with van der Waals surface area (Å²) in [7, 11) is -1.18. The molecule has 1 N–H and O–H groups in total. The molecule has 0 spiro atoms. The summed E-state index contributed by atoms with van der Waals surface area (Å²) in [5.41, 5.74) is 0.343. The third-order valence-electron chi connectivity index (χ3n) is 3.71. The van der Waals surface area contributed by atoms with Crippen molar-refractivity contribution in [2.24, 2.45) is 0 Å². The summed E-state index contributed by atoms with van der Waals surface area (Å²) in [4.78, 5) is 12.3. The minimum absolute atomic E-state index is 0.0448. The number of nitrogens with one attached hydrogen (secondary N) is 1. The topological polar surface area (TPSA) is 84.9 Å². The van der Waals surface area contributed by atoms with E-state index in [0.717, 1.165) is 4.31 Å². The minimum atomic E-state index is -3.93. The number of halogens is 2. The number of anilines is 1. The van der Waals surface area contributed by atoms with Crippen LogP contribution in [0.25, 0.3) is 0 Å². The molecular formula is C18H20Cl2N2O5S. The molecule has 0 aliphatic rings. The Bertz CT molecular complexity index is 966. The van der Waals surface area contributed by atoms with E-state index in [2.05, 4.69) is 5.32 Å². The summed E-state index contributed by atoms with van der Waals surface area (Å²) in [6.45, 7) is 1.78. The SMILES string of the molecule is CCOc1ccc(S(=O)(=O)N(C)CC(=O)Nc2cc(Cl)ccc2OC)cc1Cl. The molecule has 0 saturated heterocycles. The molecule has 2 aromatic carbocycles. The normalized spacial score (nSPS) is 11.4. The van der Waals surface area contributed by atoms with Crippen LogP contribution in [0.15, 0.2) is 41.3 Å². The van der Waals surface area contributed by atoms with E-state index in [1.165, 1.54) is 38.4 Å². The Morgan fingerprint density at radius 1 is 1.14 bits per heavy atom. The van der Waals surface area contributed by atoms with Crippen molar-refractivity contribution in [1.82, 2.24) is 4.31 Å². The molecule has 0 bridgehead atoms. The summed E-state index contributed by atoms with van der Waals surface area (Å²) < 4.78 is 36.8. The van der Waals surface area contributed by atoms with Crippen molar-refractivity contribution in [2.45, 2.75) is 11.8 Å². The second-order valence-electron chi connectivity index (χ2n) is 5.68. The molecule has 2 rings (SSSR count). The van der Waals surface area contributed by atoms with Crippen LogP contribution in [-0.2, 0) is 14.8 Å². The molecule has 0 saturated carbocycles. The highest BCUT2D eigenvalue weighted by atomic mass is 35.5. The Hall–Kier alpha value is -2.00. The smallest absolute Gasteiger partial charge is 0.243 e. The lowest BCUT2D eigenvalue weighted by Crippen LogP contribution is -2.35. The second-order valence-corrected chi connectivity index (χ2v) is 8.57. The number of hydrogen-bond donors (Lipinski definition) is 1. The molecule has 1 amide bonds. The van der Waals surface area contributed by atoms with Gasteiger partial charge in [-0.1, -0.05) is 23.2 Å². The van der Waals surface area contributed by atoms with E-state index < -0.39 is 22.5 Å². The van der Waals surface area contributed by atoms with Crippen molar-refractivity contribution in [3.05, 3.63) is 46.4 Å². The number of hydrogen-bond acceptors (Lipinski definition) is 5.